The molecule has 0 aliphatic rings. The maximum atomic E-state index is 11.7. The van der Waals surface area contributed by atoms with Crippen LogP contribution < -0.4 is 10.6 Å². The average Bonchev–Trinajstić information content (AvgIpc) is 2.24. The topological polar surface area (TPSA) is 61.4 Å². The zero-order valence-corrected chi connectivity index (χ0v) is 11.9. The number of hydrogen-bond donors (Lipinski definition) is 3. The van der Waals surface area contributed by atoms with Crippen LogP contribution in [0.15, 0.2) is 0 Å². The molecule has 0 aromatic carbocycles. The van der Waals surface area contributed by atoms with E-state index in [1.807, 2.05) is 7.05 Å². The van der Waals surface area contributed by atoms with Crippen LogP contribution in [0.1, 0.15) is 20.8 Å². The Morgan fingerprint density at radius 1 is 1.35 bits per heavy atom. The lowest BCUT2D eigenvalue weighted by atomic mass is 10.3. The molecular weight excluding hydrogens is 238 g/mol. The molecule has 1 unspecified atom stereocenters. The van der Waals surface area contributed by atoms with Gasteiger partial charge in [0.1, 0.15) is 6.04 Å². The number of carbonyl (C=O) groups is 2. The molecule has 17 heavy (non-hydrogen) atoms. The highest BCUT2D eigenvalue weighted by molar-refractivity contribution is 7.80. The van der Waals surface area contributed by atoms with Crippen molar-refractivity contribution in [3.05, 3.63) is 0 Å². The highest BCUT2D eigenvalue weighted by atomic mass is 32.1. The minimum absolute atomic E-state index is 0.188. The van der Waals surface area contributed by atoms with E-state index < -0.39 is 6.04 Å². The summed E-state index contributed by atoms with van der Waals surface area (Å²) in [7, 11) is 2.00. The zero-order valence-electron chi connectivity index (χ0n) is 11.0. The third-order valence-corrected chi connectivity index (χ3v) is 2.89. The summed E-state index contributed by atoms with van der Waals surface area (Å²) >= 11 is 4.04. The number of thiol groups is 1. The Bertz CT molecular complexity index is 259. The number of rotatable bonds is 7. The Hall–Kier alpha value is -0.750. The highest BCUT2D eigenvalue weighted by Gasteiger charge is 2.17. The van der Waals surface area contributed by atoms with Crippen molar-refractivity contribution in [2.24, 2.45) is 0 Å². The van der Waals surface area contributed by atoms with Crippen molar-refractivity contribution in [1.82, 2.24) is 15.5 Å². The van der Waals surface area contributed by atoms with Crippen molar-refractivity contribution in [3.63, 3.8) is 0 Å². The molecule has 0 bridgehead atoms. The number of amides is 2. The first-order valence-electron chi connectivity index (χ1n) is 5.74. The Labute approximate surface area is 109 Å². The molecule has 100 valence electrons. The predicted molar refractivity (Wildman–Crippen MR) is 72.2 cm³/mol. The van der Waals surface area contributed by atoms with Crippen LogP contribution >= 0.6 is 12.6 Å². The van der Waals surface area contributed by atoms with E-state index in [2.05, 4.69) is 42.0 Å². The first kappa shape index (κ1) is 16.2. The van der Waals surface area contributed by atoms with Gasteiger partial charge in [-0.05, 0) is 20.9 Å². The molecule has 2 N–H and O–H groups in total. The number of carbonyl (C=O) groups excluding carboxylic acids is 2. The minimum Gasteiger partial charge on any atom is -0.353 e. The minimum atomic E-state index is -0.555. The fourth-order valence-electron chi connectivity index (χ4n) is 1.18. The van der Waals surface area contributed by atoms with Crippen molar-refractivity contribution in [2.75, 3.05) is 25.9 Å². The van der Waals surface area contributed by atoms with Gasteiger partial charge in [-0.15, -0.1) is 0 Å². The number of hydrogen-bond acceptors (Lipinski definition) is 4. The summed E-state index contributed by atoms with van der Waals surface area (Å²) in [4.78, 5) is 24.7. The molecule has 0 aromatic heterocycles. The van der Waals surface area contributed by atoms with Crippen molar-refractivity contribution >= 4 is 24.4 Å². The van der Waals surface area contributed by atoms with E-state index in [1.54, 1.807) is 0 Å². The first-order chi connectivity index (χ1) is 7.88. The maximum absolute atomic E-state index is 11.7. The van der Waals surface area contributed by atoms with Crippen LogP contribution in [0, 0.1) is 0 Å². The quantitative estimate of drug-likeness (QED) is 0.560. The van der Waals surface area contributed by atoms with Crippen molar-refractivity contribution in [3.8, 4) is 0 Å². The molecule has 0 aliphatic heterocycles. The number of likely N-dealkylation sites (N-methyl/N-ethyl adjacent to an activating group) is 1. The Kier molecular flexibility index (Phi) is 7.99. The molecule has 0 saturated heterocycles. The van der Waals surface area contributed by atoms with Gasteiger partial charge >= 0.3 is 0 Å². The second kappa shape index (κ2) is 8.36. The van der Waals surface area contributed by atoms with Gasteiger partial charge in [0, 0.05) is 31.8 Å². The molecular formula is C11H23N3O2S. The SMILES string of the molecule is CC(=O)NC(CS)C(=O)NCCN(C)C(C)C. The monoisotopic (exact) mass is 261 g/mol. The lowest BCUT2D eigenvalue weighted by Gasteiger charge is -2.22. The van der Waals surface area contributed by atoms with E-state index in [4.69, 9.17) is 0 Å². The smallest absolute Gasteiger partial charge is 0.243 e. The van der Waals surface area contributed by atoms with Gasteiger partial charge in [-0.3, -0.25) is 9.59 Å². The standard InChI is InChI=1S/C11H23N3O2S/c1-8(2)14(4)6-5-12-11(16)10(7-17)13-9(3)15/h8,10,17H,5-7H2,1-4H3,(H,12,16)(H,13,15). The van der Waals surface area contributed by atoms with E-state index in [-0.39, 0.29) is 11.8 Å². The van der Waals surface area contributed by atoms with Gasteiger partial charge in [0.05, 0.1) is 0 Å². The highest BCUT2D eigenvalue weighted by Crippen LogP contribution is 1.92. The molecule has 5 nitrogen and oxygen atoms in total. The van der Waals surface area contributed by atoms with Crippen molar-refractivity contribution in [2.45, 2.75) is 32.9 Å². The summed E-state index contributed by atoms with van der Waals surface area (Å²) < 4.78 is 0. The summed E-state index contributed by atoms with van der Waals surface area (Å²) in [5, 5.41) is 5.33. The van der Waals surface area contributed by atoms with Gasteiger partial charge in [-0.1, -0.05) is 0 Å². The third kappa shape index (κ3) is 7.23. The largest absolute Gasteiger partial charge is 0.353 e. The van der Waals surface area contributed by atoms with Crippen LogP contribution in [-0.2, 0) is 9.59 Å². The zero-order chi connectivity index (χ0) is 13.4. The van der Waals surface area contributed by atoms with E-state index >= 15 is 0 Å². The number of nitrogens with zero attached hydrogens (tertiary/aromatic N) is 1. The molecule has 0 aromatic rings. The van der Waals surface area contributed by atoms with Crippen molar-refractivity contribution in [1.29, 1.82) is 0 Å². The van der Waals surface area contributed by atoms with E-state index in [9.17, 15) is 9.59 Å². The molecule has 0 spiro atoms. The second-order valence-corrected chi connectivity index (χ2v) is 4.67. The van der Waals surface area contributed by atoms with Crippen LogP contribution in [0.4, 0.5) is 0 Å². The molecule has 1 atom stereocenters. The van der Waals surface area contributed by atoms with Crippen molar-refractivity contribution < 1.29 is 9.59 Å². The van der Waals surface area contributed by atoms with Gasteiger partial charge < -0.3 is 15.5 Å². The van der Waals surface area contributed by atoms with Gasteiger partial charge in [0.25, 0.3) is 0 Å². The second-order valence-electron chi connectivity index (χ2n) is 4.30. The van der Waals surface area contributed by atoms with Crippen LogP contribution in [-0.4, -0.2) is 54.7 Å². The summed E-state index contributed by atoms with van der Waals surface area (Å²) in [6.45, 7) is 6.92. The molecule has 0 radical (unpaired) electrons. The summed E-state index contributed by atoms with van der Waals surface area (Å²) in [6, 6.07) is -0.108. The lowest BCUT2D eigenvalue weighted by molar-refractivity contribution is -0.127. The van der Waals surface area contributed by atoms with Crippen LogP contribution in [0.3, 0.4) is 0 Å². The molecule has 6 heteroatoms. The number of nitrogens with one attached hydrogen (secondary N) is 2. The molecule has 2 amide bonds. The van der Waals surface area contributed by atoms with Crippen LogP contribution in [0.5, 0.6) is 0 Å². The van der Waals surface area contributed by atoms with Gasteiger partial charge in [-0.25, -0.2) is 0 Å². The molecule has 0 aliphatic carbocycles. The van der Waals surface area contributed by atoms with Gasteiger partial charge in [0.2, 0.25) is 11.8 Å². The summed E-state index contributed by atoms with van der Waals surface area (Å²) in [5.41, 5.74) is 0. The van der Waals surface area contributed by atoms with Gasteiger partial charge in [0.15, 0.2) is 0 Å². The summed E-state index contributed by atoms with van der Waals surface area (Å²) in [5.74, 6) is -0.114. The molecule has 0 heterocycles. The third-order valence-electron chi connectivity index (χ3n) is 2.52. The first-order valence-corrected chi connectivity index (χ1v) is 6.37. The summed E-state index contributed by atoms with van der Waals surface area (Å²) in [6.07, 6.45) is 0. The maximum Gasteiger partial charge on any atom is 0.243 e. The fraction of sp³-hybridized carbons (Fsp3) is 0.818. The van der Waals surface area contributed by atoms with E-state index in [1.165, 1.54) is 6.92 Å². The molecule has 0 rings (SSSR count). The Balaban J connectivity index is 3.95. The molecule has 0 saturated carbocycles. The predicted octanol–water partition coefficient (Wildman–Crippen LogP) is -0.123. The van der Waals surface area contributed by atoms with Crippen LogP contribution in [0.25, 0.3) is 0 Å². The van der Waals surface area contributed by atoms with E-state index in [0.29, 0.717) is 18.3 Å². The van der Waals surface area contributed by atoms with Gasteiger partial charge in [-0.2, -0.15) is 12.6 Å². The molecule has 0 fully saturated rings. The van der Waals surface area contributed by atoms with Crippen LogP contribution in [0.2, 0.25) is 0 Å². The lowest BCUT2D eigenvalue weighted by Crippen LogP contribution is -2.48. The Morgan fingerprint density at radius 2 is 1.94 bits per heavy atom. The average molecular weight is 261 g/mol. The fourth-order valence-corrected chi connectivity index (χ4v) is 1.43. The van der Waals surface area contributed by atoms with E-state index in [0.717, 1.165) is 6.54 Å². The normalized spacial score (nSPS) is 12.6. The Morgan fingerprint density at radius 3 is 2.35 bits per heavy atom.